The van der Waals surface area contributed by atoms with E-state index in [4.69, 9.17) is 22.1 Å². The van der Waals surface area contributed by atoms with Gasteiger partial charge in [-0.3, -0.25) is 0 Å². The average Bonchev–Trinajstić information content (AvgIpc) is 3.02. The molecule has 2 N–H and O–H groups in total. The van der Waals surface area contributed by atoms with Crippen molar-refractivity contribution in [1.29, 1.82) is 0 Å². The van der Waals surface area contributed by atoms with Gasteiger partial charge in [0, 0.05) is 6.04 Å². The van der Waals surface area contributed by atoms with Crippen LogP contribution >= 0.6 is 11.6 Å². The molecule has 1 aromatic rings. The Bertz CT molecular complexity index is 361. The van der Waals surface area contributed by atoms with Gasteiger partial charge in [-0.25, -0.2) is 0 Å². The van der Waals surface area contributed by atoms with Crippen LogP contribution in [0.1, 0.15) is 25.3 Å². The molecule has 0 radical (unpaired) electrons. The SMILES string of the molecule is CC(N)Cc1cccc(OCC2CC2)c1Cl. The van der Waals surface area contributed by atoms with E-state index >= 15 is 0 Å². The summed E-state index contributed by atoms with van der Waals surface area (Å²) in [5.74, 6) is 1.54. The monoisotopic (exact) mass is 239 g/mol. The summed E-state index contributed by atoms with van der Waals surface area (Å²) in [5, 5.41) is 0.723. The minimum atomic E-state index is 0.121. The number of rotatable bonds is 5. The third-order valence-corrected chi connectivity index (χ3v) is 3.19. The van der Waals surface area contributed by atoms with Crippen LogP contribution in [0, 0.1) is 5.92 Å². The maximum absolute atomic E-state index is 6.28. The fourth-order valence-electron chi connectivity index (χ4n) is 1.66. The van der Waals surface area contributed by atoms with Crippen LogP contribution < -0.4 is 10.5 Å². The summed E-state index contributed by atoms with van der Waals surface area (Å²) in [6.07, 6.45) is 3.37. The fourth-order valence-corrected chi connectivity index (χ4v) is 1.92. The number of hydrogen-bond acceptors (Lipinski definition) is 2. The number of halogens is 1. The maximum atomic E-state index is 6.28. The highest BCUT2D eigenvalue weighted by Gasteiger charge is 2.22. The Hall–Kier alpha value is -0.730. The summed E-state index contributed by atoms with van der Waals surface area (Å²) >= 11 is 6.28. The summed E-state index contributed by atoms with van der Waals surface area (Å²) in [5.41, 5.74) is 6.85. The lowest BCUT2D eigenvalue weighted by Gasteiger charge is -2.12. The quantitative estimate of drug-likeness (QED) is 0.857. The van der Waals surface area contributed by atoms with Gasteiger partial charge in [0.1, 0.15) is 5.75 Å². The smallest absolute Gasteiger partial charge is 0.138 e. The molecule has 16 heavy (non-hydrogen) atoms. The second-order valence-corrected chi connectivity index (χ2v) is 5.04. The zero-order valence-corrected chi connectivity index (χ0v) is 10.3. The molecule has 0 aromatic heterocycles. The van der Waals surface area contributed by atoms with Crippen molar-refractivity contribution in [2.75, 3.05) is 6.61 Å². The first-order valence-corrected chi connectivity index (χ1v) is 6.20. The van der Waals surface area contributed by atoms with Crippen LogP contribution in [-0.4, -0.2) is 12.6 Å². The number of ether oxygens (including phenoxy) is 1. The van der Waals surface area contributed by atoms with Crippen LogP contribution in [0.4, 0.5) is 0 Å². The van der Waals surface area contributed by atoms with Crippen molar-refractivity contribution in [3.05, 3.63) is 28.8 Å². The lowest BCUT2D eigenvalue weighted by Crippen LogP contribution is -2.18. The molecule has 0 amide bonds. The van der Waals surface area contributed by atoms with Gasteiger partial charge < -0.3 is 10.5 Å². The molecule has 2 rings (SSSR count). The number of nitrogens with two attached hydrogens (primary N) is 1. The van der Waals surface area contributed by atoms with E-state index in [1.54, 1.807) is 0 Å². The van der Waals surface area contributed by atoms with E-state index in [1.807, 2.05) is 25.1 Å². The van der Waals surface area contributed by atoms with Crippen LogP contribution in [0.25, 0.3) is 0 Å². The third kappa shape index (κ3) is 3.13. The molecule has 0 saturated heterocycles. The van der Waals surface area contributed by atoms with Crippen molar-refractivity contribution in [2.24, 2.45) is 11.7 Å². The minimum Gasteiger partial charge on any atom is -0.492 e. The van der Waals surface area contributed by atoms with E-state index in [9.17, 15) is 0 Å². The van der Waals surface area contributed by atoms with E-state index in [-0.39, 0.29) is 6.04 Å². The first-order chi connectivity index (χ1) is 7.66. The minimum absolute atomic E-state index is 0.121. The van der Waals surface area contributed by atoms with Crippen molar-refractivity contribution in [2.45, 2.75) is 32.2 Å². The highest BCUT2D eigenvalue weighted by atomic mass is 35.5. The molecule has 88 valence electrons. The molecular formula is C13H18ClNO. The molecule has 1 aliphatic rings. The van der Waals surface area contributed by atoms with E-state index in [0.29, 0.717) is 0 Å². The maximum Gasteiger partial charge on any atom is 0.138 e. The Morgan fingerprint density at radius 2 is 2.25 bits per heavy atom. The van der Waals surface area contributed by atoms with Gasteiger partial charge in [0.25, 0.3) is 0 Å². The molecule has 1 fully saturated rings. The molecule has 1 aromatic carbocycles. The van der Waals surface area contributed by atoms with Crippen molar-refractivity contribution in [3.8, 4) is 5.75 Å². The molecule has 3 heteroatoms. The van der Waals surface area contributed by atoms with Gasteiger partial charge in [0.2, 0.25) is 0 Å². The molecule has 1 unspecified atom stereocenters. The molecular weight excluding hydrogens is 222 g/mol. The summed E-state index contributed by atoms with van der Waals surface area (Å²) in [7, 11) is 0. The second kappa shape index (κ2) is 5.07. The lowest BCUT2D eigenvalue weighted by atomic mass is 10.1. The van der Waals surface area contributed by atoms with Crippen molar-refractivity contribution in [3.63, 3.8) is 0 Å². The third-order valence-electron chi connectivity index (χ3n) is 2.76. The number of hydrogen-bond donors (Lipinski definition) is 1. The molecule has 1 aliphatic carbocycles. The summed E-state index contributed by atoms with van der Waals surface area (Å²) < 4.78 is 5.71. The Morgan fingerprint density at radius 1 is 1.50 bits per heavy atom. The summed E-state index contributed by atoms with van der Waals surface area (Å²) in [6.45, 7) is 2.77. The fraction of sp³-hybridized carbons (Fsp3) is 0.538. The highest BCUT2D eigenvalue weighted by Crippen LogP contribution is 2.33. The van der Waals surface area contributed by atoms with Gasteiger partial charge in [-0.1, -0.05) is 23.7 Å². The van der Waals surface area contributed by atoms with E-state index in [0.717, 1.165) is 35.3 Å². The van der Waals surface area contributed by atoms with Crippen LogP contribution in [0.3, 0.4) is 0 Å². The van der Waals surface area contributed by atoms with Gasteiger partial charge in [-0.15, -0.1) is 0 Å². The van der Waals surface area contributed by atoms with E-state index in [2.05, 4.69) is 0 Å². The Kier molecular flexibility index (Phi) is 3.72. The molecule has 1 atom stereocenters. The van der Waals surface area contributed by atoms with Gasteiger partial charge >= 0.3 is 0 Å². The molecule has 1 saturated carbocycles. The zero-order valence-electron chi connectivity index (χ0n) is 9.58. The Morgan fingerprint density at radius 3 is 2.88 bits per heavy atom. The summed E-state index contributed by atoms with van der Waals surface area (Å²) in [6, 6.07) is 6.04. The van der Waals surface area contributed by atoms with Gasteiger partial charge in [0.05, 0.1) is 11.6 Å². The predicted molar refractivity (Wildman–Crippen MR) is 67.0 cm³/mol. The van der Waals surface area contributed by atoms with Crippen molar-refractivity contribution < 1.29 is 4.74 Å². The first kappa shape index (κ1) is 11.7. The van der Waals surface area contributed by atoms with Crippen LogP contribution in [-0.2, 0) is 6.42 Å². The second-order valence-electron chi connectivity index (χ2n) is 4.67. The molecule has 0 heterocycles. The van der Waals surface area contributed by atoms with Crippen LogP contribution in [0.2, 0.25) is 5.02 Å². The summed E-state index contributed by atoms with van der Waals surface area (Å²) in [4.78, 5) is 0. The average molecular weight is 240 g/mol. The van der Waals surface area contributed by atoms with Crippen molar-refractivity contribution in [1.82, 2.24) is 0 Å². The first-order valence-electron chi connectivity index (χ1n) is 5.82. The van der Waals surface area contributed by atoms with Gasteiger partial charge in [-0.05, 0) is 43.7 Å². The van der Waals surface area contributed by atoms with Crippen LogP contribution in [0.5, 0.6) is 5.75 Å². The van der Waals surface area contributed by atoms with E-state index < -0.39 is 0 Å². The number of benzene rings is 1. The standard InChI is InChI=1S/C13H18ClNO/c1-9(15)7-11-3-2-4-12(13(11)14)16-8-10-5-6-10/h2-4,9-10H,5-8,15H2,1H3. The molecule has 0 bridgehead atoms. The zero-order chi connectivity index (χ0) is 11.5. The topological polar surface area (TPSA) is 35.2 Å². The largest absolute Gasteiger partial charge is 0.492 e. The normalized spacial score (nSPS) is 17.2. The lowest BCUT2D eigenvalue weighted by molar-refractivity contribution is 0.299. The Balaban J connectivity index is 2.05. The van der Waals surface area contributed by atoms with E-state index in [1.165, 1.54) is 12.8 Å². The molecule has 2 nitrogen and oxygen atoms in total. The van der Waals surface area contributed by atoms with Gasteiger partial charge in [0.15, 0.2) is 0 Å². The highest BCUT2D eigenvalue weighted by molar-refractivity contribution is 6.32. The van der Waals surface area contributed by atoms with Crippen molar-refractivity contribution >= 4 is 11.6 Å². The van der Waals surface area contributed by atoms with Crippen LogP contribution in [0.15, 0.2) is 18.2 Å². The Labute approximate surface area is 102 Å². The molecule has 0 spiro atoms. The molecule has 0 aliphatic heterocycles. The predicted octanol–water partition coefficient (Wildman–Crippen LogP) is 3.02. The van der Waals surface area contributed by atoms with Gasteiger partial charge in [-0.2, -0.15) is 0 Å².